The highest BCUT2D eigenvalue weighted by Gasteiger charge is 2.41. The number of nitrogens with zero attached hydrogens (tertiary/aromatic N) is 3. The third-order valence-corrected chi connectivity index (χ3v) is 6.03. The number of non-ortho nitro benzene ring substituents is 1. The number of nitro benzene ring substituents is 1. The molecule has 1 fully saturated rings. The minimum atomic E-state index is -0.415. The van der Waals surface area contributed by atoms with Crippen LogP contribution >= 0.6 is 12.2 Å². The van der Waals surface area contributed by atoms with E-state index in [1.807, 2.05) is 48.5 Å². The van der Waals surface area contributed by atoms with E-state index in [4.69, 9.17) is 16.6 Å². The van der Waals surface area contributed by atoms with Crippen LogP contribution in [0.25, 0.3) is 11.3 Å². The number of furan rings is 1. The van der Waals surface area contributed by atoms with Crippen molar-refractivity contribution in [1.29, 1.82) is 0 Å². The third-order valence-electron chi connectivity index (χ3n) is 5.67. The average Bonchev–Trinajstić information content (AvgIpc) is 3.45. The van der Waals surface area contributed by atoms with E-state index < -0.39 is 4.92 Å². The molecule has 3 heterocycles. The molecule has 1 N–H and O–H groups in total. The predicted molar refractivity (Wildman–Crippen MR) is 128 cm³/mol. The van der Waals surface area contributed by atoms with Crippen molar-refractivity contribution in [2.45, 2.75) is 18.6 Å². The SMILES string of the molecule is O=[N+]([O-])c1ccc(-c2ccc([C@H]3[C@@H](c4ccccn4)NC(=S)N3Cc3ccccc3)o2)cc1. The van der Waals surface area contributed by atoms with Gasteiger partial charge in [-0.3, -0.25) is 15.1 Å². The Balaban J connectivity index is 1.51. The molecule has 0 aliphatic carbocycles. The van der Waals surface area contributed by atoms with Gasteiger partial charge in [-0.2, -0.15) is 0 Å². The van der Waals surface area contributed by atoms with Crippen LogP contribution in [0.2, 0.25) is 0 Å². The summed E-state index contributed by atoms with van der Waals surface area (Å²) in [7, 11) is 0. The standard InChI is InChI=1S/C25H20N4O3S/c30-29(31)19-11-9-18(10-12-19)21-13-14-22(32-21)24-23(20-8-4-5-15-26-20)27-25(33)28(24)16-17-6-2-1-3-7-17/h1-15,23-24H,16H2,(H,27,33)/t23-,24+/m1/s1. The fourth-order valence-corrected chi connectivity index (χ4v) is 4.38. The number of benzene rings is 2. The Hall–Kier alpha value is -4.04. The molecule has 1 aliphatic rings. The molecule has 5 rings (SSSR count). The lowest BCUT2D eigenvalue weighted by Crippen LogP contribution is -2.29. The van der Waals surface area contributed by atoms with Gasteiger partial charge < -0.3 is 14.6 Å². The Labute approximate surface area is 195 Å². The molecule has 0 amide bonds. The van der Waals surface area contributed by atoms with E-state index in [0.29, 0.717) is 17.4 Å². The van der Waals surface area contributed by atoms with Crippen LogP contribution in [0, 0.1) is 10.1 Å². The van der Waals surface area contributed by atoms with Gasteiger partial charge in [-0.1, -0.05) is 36.4 Å². The summed E-state index contributed by atoms with van der Waals surface area (Å²) in [5, 5.41) is 15.0. The Morgan fingerprint density at radius 1 is 1.00 bits per heavy atom. The first-order chi connectivity index (χ1) is 16.1. The smallest absolute Gasteiger partial charge is 0.269 e. The second-order valence-corrected chi connectivity index (χ2v) is 8.13. The quantitative estimate of drug-likeness (QED) is 0.235. The molecule has 0 radical (unpaired) electrons. The minimum Gasteiger partial charge on any atom is -0.459 e. The zero-order valence-corrected chi connectivity index (χ0v) is 18.3. The zero-order chi connectivity index (χ0) is 22.8. The number of hydrogen-bond donors (Lipinski definition) is 1. The number of rotatable bonds is 6. The van der Waals surface area contributed by atoms with Crippen LogP contribution in [0.1, 0.15) is 29.1 Å². The Morgan fingerprint density at radius 3 is 2.45 bits per heavy atom. The molecule has 0 unspecified atom stereocenters. The van der Waals surface area contributed by atoms with Crippen molar-refractivity contribution in [2.24, 2.45) is 0 Å². The van der Waals surface area contributed by atoms with Crippen LogP contribution in [0.3, 0.4) is 0 Å². The first kappa shape index (κ1) is 20.8. The molecule has 0 spiro atoms. The lowest BCUT2D eigenvalue weighted by molar-refractivity contribution is -0.384. The maximum atomic E-state index is 11.0. The van der Waals surface area contributed by atoms with Crippen molar-refractivity contribution in [3.05, 3.63) is 118 Å². The molecule has 0 bridgehead atoms. The molecule has 0 saturated carbocycles. The van der Waals surface area contributed by atoms with Gasteiger partial charge >= 0.3 is 0 Å². The number of aromatic nitrogens is 1. The van der Waals surface area contributed by atoms with E-state index in [9.17, 15) is 10.1 Å². The first-order valence-corrected chi connectivity index (χ1v) is 10.9. The van der Waals surface area contributed by atoms with E-state index in [1.165, 1.54) is 12.1 Å². The largest absolute Gasteiger partial charge is 0.459 e. The molecule has 33 heavy (non-hydrogen) atoms. The highest BCUT2D eigenvalue weighted by molar-refractivity contribution is 7.80. The molecule has 7 nitrogen and oxygen atoms in total. The summed E-state index contributed by atoms with van der Waals surface area (Å²) in [5.41, 5.74) is 2.81. The summed E-state index contributed by atoms with van der Waals surface area (Å²) < 4.78 is 6.28. The van der Waals surface area contributed by atoms with Crippen LogP contribution in [-0.2, 0) is 6.54 Å². The van der Waals surface area contributed by atoms with Crippen molar-refractivity contribution in [2.75, 3.05) is 0 Å². The Morgan fingerprint density at radius 2 is 1.76 bits per heavy atom. The van der Waals surface area contributed by atoms with Crippen molar-refractivity contribution in [3.8, 4) is 11.3 Å². The topological polar surface area (TPSA) is 84.4 Å². The van der Waals surface area contributed by atoms with Gasteiger partial charge in [-0.15, -0.1) is 0 Å². The lowest BCUT2D eigenvalue weighted by atomic mass is 10.0. The summed E-state index contributed by atoms with van der Waals surface area (Å²) in [5.74, 6) is 1.37. The molecule has 2 aromatic heterocycles. The maximum absolute atomic E-state index is 11.0. The van der Waals surface area contributed by atoms with E-state index in [2.05, 4.69) is 27.3 Å². The van der Waals surface area contributed by atoms with Gasteiger partial charge in [-0.25, -0.2) is 0 Å². The number of nitro groups is 1. The van der Waals surface area contributed by atoms with Crippen LogP contribution in [0.5, 0.6) is 0 Å². The van der Waals surface area contributed by atoms with Gasteiger partial charge in [-0.05, 0) is 54.2 Å². The van der Waals surface area contributed by atoms with E-state index in [1.54, 1.807) is 18.3 Å². The first-order valence-electron chi connectivity index (χ1n) is 10.5. The van der Waals surface area contributed by atoms with Crippen LogP contribution in [-0.4, -0.2) is 19.9 Å². The Kier molecular flexibility index (Phi) is 5.58. The number of hydrogen-bond acceptors (Lipinski definition) is 5. The van der Waals surface area contributed by atoms with Gasteiger partial charge in [0, 0.05) is 30.4 Å². The second-order valence-electron chi connectivity index (χ2n) is 7.75. The van der Waals surface area contributed by atoms with Crippen molar-refractivity contribution in [1.82, 2.24) is 15.2 Å². The number of thiocarbonyl (C=S) groups is 1. The van der Waals surface area contributed by atoms with Crippen molar-refractivity contribution in [3.63, 3.8) is 0 Å². The van der Waals surface area contributed by atoms with Crippen LogP contribution < -0.4 is 5.32 Å². The molecule has 164 valence electrons. The Bertz CT molecular complexity index is 1280. The monoisotopic (exact) mass is 456 g/mol. The van der Waals surface area contributed by atoms with Crippen molar-refractivity contribution >= 4 is 23.0 Å². The molecule has 2 atom stereocenters. The van der Waals surface area contributed by atoms with E-state index in [-0.39, 0.29) is 17.8 Å². The third kappa shape index (κ3) is 4.20. The molecular weight excluding hydrogens is 436 g/mol. The molecule has 8 heteroatoms. The average molecular weight is 457 g/mol. The molecule has 1 aliphatic heterocycles. The lowest BCUT2D eigenvalue weighted by Gasteiger charge is -2.26. The molecule has 2 aromatic carbocycles. The normalized spacial score (nSPS) is 17.7. The van der Waals surface area contributed by atoms with Crippen LogP contribution in [0.15, 0.2) is 95.5 Å². The van der Waals surface area contributed by atoms with Crippen molar-refractivity contribution < 1.29 is 9.34 Å². The van der Waals surface area contributed by atoms with Gasteiger partial charge in [0.15, 0.2) is 5.11 Å². The number of nitrogens with one attached hydrogen (secondary N) is 1. The fourth-order valence-electron chi connectivity index (χ4n) is 4.08. The highest BCUT2D eigenvalue weighted by Crippen LogP contribution is 2.41. The zero-order valence-electron chi connectivity index (χ0n) is 17.5. The molecule has 4 aromatic rings. The predicted octanol–water partition coefficient (Wildman–Crippen LogP) is 5.42. The minimum absolute atomic E-state index is 0.0418. The molecular formula is C25H20N4O3S. The van der Waals surface area contributed by atoms with Gasteiger partial charge in [0.05, 0.1) is 16.7 Å². The van der Waals surface area contributed by atoms with Gasteiger partial charge in [0.25, 0.3) is 5.69 Å². The summed E-state index contributed by atoms with van der Waals surface area (Å²) in [4.78, 5) is 17.2. The fraction of sp³-hybridized carbons (Fsp3) is 0.120. The highest BCUT2D eigenvalue weighted by atomic mass is 32.1. The van der Waals surface area contributed by atoms with Gasteiger partial charge in [0.1, 0.15) is 17.6 Å². The summed E-state index contributed by atoms with van der Waals surface area (Å²) in [6.07, 6.45) is 1.77. The maximum Gasteiger partial charge on any atom is 0.269 e. The van der Waals surface area contributed by atoms with Gasteiger partial charge in [0.2, 0.25) is 0 Å². The summed E-state index contributed by atoms with van der Waals surface area (Å²) in [6, 6.07) is 25.7. The van der Waals surface area contributed by atoms with E-state index in [0.717, 1.165) is 22.6 Å². The number of pyridine rings is 1. The second kappa shape index (κ2) is 8.84. The summed E-state index contributed by atoms with van der Waals surface area (Å²) >= 11 is 5.71. The summed E-state index contributed by atoms with van der Waals surface area (Å²) in [6.45, 7) is 0.619. The van der Waals surface area contributed by atoms with E-state index >= 15 is 0 Å². The van der Waals surface area contributed by atoms with Crippen LogP contribution in [0.4, 0.5) is 5.69 Å². The molecule has 1 saturated heterocycles.